The molecule has 3 saturated heterocycles. The zero-order valence-electron chi connectivity index (χ0n) is 35.6. The van der Waals surface area contributed by atoms with Crippen molar-refractivity contribution in [3.05, 3.63) is 105 Å². The van der Waals surface area contributed by atoms with Gasteiger partial charge < -0.3 is 19.7 Å². The Hall–Kier alpha value is -5.80. The Bertz CT molecular complexity index is 2500. The second-order valence-electron chi connectivity index (χ2n) is 18.1. The maximum atomic E-state index is 14.1. The van der Waals surface area contributed by atoms with E-state index in [1.165, 1.54) is 11.3 Å². The van der Waals surface area contributed by atoms with Crippen molar-refractivity contribution in [3.63, 3.8) is 0 Å². The molecule has 3 aromatic carbocycles. The standard InChI is InChI=1S/C49H55N7O5/c1-5-30-26-36-38(49(2,3)46-44(45(36)59)35-15-14-32(50-4)27-39(35)51-46)28-41(30)54-20-18-33(19-21-54)53-22-24-55(25-23-53)43(58)13-8-6-7-10-31-11-9-12-34-37(31)29-56(48(34)61)40-16-17-42(57)52-47(40)60/h9,11-12,14-15,26-28,33,40,51H,5-8,10,13,16-25,29H2,1-3H3,(H,52,57,60). The van der Waals surface area contributed by atoms with Crippen molar-refractivity contribution < 1.29 is 24.0 Å². The van der Waals surface area contributed by atoms with Crippen LogP contribution in [-0.2, 0) is 39.2 Å². The Kier molecular flexibility index (Phi) is 10.8. The third kappa shape index (κ3) is 7.30. The number of benzene rings is 3. The minimum Gasteiger partial charge on any atom is -0.371 e. The second kappa shape index (κ2) is 16.2. The van der Waals surface area contributed by atoms with Crippen LogP contribution in [0, 0.1) is 6.57 Å². The zero-order valence-corrected chi connectivity index (χ0v) is 35.6. The van der Waals surface area contributed by atoms with Gasteiger partial charge in [-0.15, -0.1) is 0 Å². The molecule has 3 fully saturated rings. The number of hydrogen-bond acceptors (Lipinski definition) is 7. The molecule has 9 rings (SSSR count). The summed E-state index contributed by atoms with van der Waals surface area (Å²) in [7, 11) is 0. The van der Waals surface area contributed by atoms with E-state index in [2.05, 4.69) is 63.9 Å². The molecular weight excluding hydrogens is 767 g/mol. The molecule has 4 aromatic rings. The Morgan fingerprint density at radius 2 is 1.67 bits per heavy atom. The molecule has 1 atom stereocenters. The van der Waals surface area contributed by atoms with Crippen LogP contribution in [0.1, 0.15) is 126 Å². The first-order valence-corrected chi connectivity index (χ1v) is 22.2. The van der Waals surface area contributed by atoms with Gasteiger partial charge in [-0.3, -0.25) is 34.2 Å². The predicted octanol–water partition coefficient (Wildman–Crippen LogP) is 6.83. The van der Waals surface area contributed by atoms with E-state index in [0.29, 0.717) is 36.7 Å². The van der Waals surface area contributed by atoms with Gasteiger partial charge in [0, 0.05) is 104 Å². The van der Waals surface area contributed by atoms with Gasteiger partial charge in [0.2, 0.25) is 17.7 Å². The van der Waals surface area contributed by atoms with Crippen LogP contribution in [0.5, 0.6) is 0 Å². The molecule has 1 aromatic heterocycles. The Morgan fingerprint density at radius 3 is 2.41 bits per heavy atom. The molecule has 4 aliphatic heterocycles. The van der Waals surface area contributed by atoms with E-state index in [9.17, 15) is 24.0 Å². The monoisotopic (exact) mass is 821 g/mol. The summed E-state index contributed by atoms with van der Waals surface area (Å²) in [6.07, 6.45) is 7.56. The van der Waals surface area contributed by atoms with Crippen LogP contribution in [-0.4, -0.2) is 100 Å². The van der Waals surface area contributed by atoms with Crippen LogP contribution in [0.15, 0.2) is 48.5 Å². The molecule has 61 heavy (non-hydrogen) atoms. The van der Waals surface area contributed by atoms with Crippen molar-refractivity contribution in [2.75, 3.05) is 44.2 Å². The molecule has 4 amide bonds. The summed E-state index contributed by atoms with van der Waals surface area (Å²) >= 11 is 0. The first-order valence-electron chi connectivity index (χ1n) is 22.2. The minimum absolute atomic E-state index is 0.0528. The number of fused-ring (bicyclic) bond motifs is 5. The van der Waals surface area contributed by atoms with E-state index in [-0.39, 0.29) is 29.9 Å². The quantitative estimate of drug-likeness (QED) is 0.102. The number of piperazine rings is 1. The molecule has 0 bridgehead atoms. The highest BCUT2D eigenvalue weighted by molar-refractivity contribution is 6.20. The molecule has 5 heterocycles. The average molecular weight is 822 g/mol. The van der Waals surface area contributed by atoms with Crippen molar-refractivity contribution in [3.8, 4) is 0 Å². The van der Waals surface area contributed by atoms with Gasteiger partial charge in [-0.1, -0.05) is 51.5 Å². The maximum absolute atomic E-state index is 14.1. The number of aryl methyl sites for hydroxylation is 2. The maximum Gasteiger partial charge on any atom is 0.255 e. The van der Waals surface area contributed by atoms with Crippen molar-refractivity contribution in [1.82, 2.24) is 25.0 Å². The number of aromatic amines is 1. The summed E-state index contributed by atoms with van der Waals surface area (Å²) in [5, 5.41) is 3.25. The number of carbonyl (C=O) groups excluding carboxylic acids is 5. The highest BCUT2D eigenvalue weighted by Gasteiger charge is 2.42. The molecule has 0 saturated carbocycles. The fourth-order valence-electron chi connectivity index (χ4n) is 10.8. The molecular formula is C49H55N7O5. The largest absolute Gasteiger partial charge is 0.371 e. The number of carbonyl (C=O) groups is 5. The molecule has 2 N–H and O–H groups in total. The molecule has 12 heteroatoms. The topological polar surface area (TPSA) is 130 Å². The smallest absolute Gasteiger partial charge is 0.255 e. The number of H-pyrrole nitrogens is 1. The molecule has 12 nitrogen and oxygen atoms in total. The van der Waals surface area contributed by atoms with Crippen molar-refractivity contribution in [1.29, 1.82) is 0 Å². The van der Waals surface area contributed by atoms with E-state index in [0.717, 1.165) is 129 Å². The summed E-state index contributed by atoms with van der Waals surface area (Å²) in [6, 6.07) is 15.6. The van der Waals surface area contributed by atoms with Crippen LogP contribution in [0.25, 0.3) is 15.7 Å². The molecule has 0 spiro atoms. The molecule has 1 aliphatic carbocycles. The summed E-state index contributed by atoms with van der Waals surface area (Å²) < 4.78 is 0. The zero-order chi connectivity index (χ0) is 42.6. The van der Waals surface area contributed by atoms with Crippen molar-refractivity contribution in [2.45, 2.75) is 109 Å². The van der Waals surface area contributed by atoms with Gasteiger partial charge in [-0.2, -0.15) is 0 Å². The lowest BCUT2D eigenvalue weighted by atomic mass is 9.70. The van der Waals surface area contributed by atoms with Crippen molar-refractivity contribution >= 4 is 51.7 Å². The number of nitrogens with zero attached hydrogens (tertiary/aromatic N) is 5. The Balaban J connectivity index is 0.746. The van der Waals surface area contributed by atoms with E-state index in [4.69, 9.17) is 6.57 Å². The molecule has 5 aliphatic rings. The number of amides is 4. The van der Waals surface area contributed by atoms with Crippen molar-refractivity contribution in [2.24, 2.45) is 0 Å². The van der Waals surface area contributed by atoms with Gasteiger partial charge >= 0.3 is 0 Å². The molecule has 0 radical (unpaired) electrons. The number of anilines is 1. The number of nitrogens with one attached hydrogen (secondary N) is 2. The highest BCUT2D eigenvalue weighted by atomic mass is 16.2. The van der Waals surface area contributed by atoms with Gasteiger partial charge in [0.05, 0.1) is 12.1 Å². The lowest BCUT2D eigenvalue weighted by Gasteiger charge is -2.44. The first-order chi connectivity index (χ1) is 29.5. The predicted molar refractivity (Wildman–Crippen MR) is 234 cm³/mol. The van der Waals surface area contributed by atoms with Crippen LogP contribution < -0.4 is 10.2 Å². The lowest BCUT2D eigenvalue weighted by Crippen LogP contribution is -2.54. The molecule has 1 unspecified atom stereocenters. The van der Waals surface area contributed by atoms with Crippen LogP contribution in [0.4, 0.5) is 11.4 Å². The van der Waals surface area contributed by atoms with Gasteiger partial charge in [0.25, 0.3) is 5.91 Å². The number of aromatic nitrogens is 1. The SMILES string of the molecule is [C-]#[N+]c1ccc2c3c([nH]c2c1)C(C)(C)c1cc(N2CCC(N4CCN(C(=O)CCCCCc5cccc6c5CN(C5CCC(=O)NC5=O)C6=O)CC4)CC2)c(CC)cc1C3=O. The number of imide groups is 1. The van der Waals surface area contributed by atoms with E-state index in [1.54, 1.807) is 11.0 Å². The van der Waals surface area contributed by atoms with Gasteiger partial charge in [-0.05, 0) is 91.5 Å². The fraction of sp³-hybridized carbons (Fsp3) is 0.469. The Morgan fingerprint density at radius 1 is 0.885 bits per heavy atom. The normalized spacial score (nSPS) is 20.4. The van der Waals surface area contributed by atoms with E-state index >= 15 is 0 Å². The summed E-state index contributed by atoms with van der Waals surface area (Å²) in [6.45, 7) is 19.6. The number of unbranched alkanes of at least 4 members (excludes halogenated alkanes) is 2. The number of hydrogen-bond donors (Lipinski definition) is 2. The summed E-state index contributed by atoms with van der Waals surface area (Å²) in [4.78, 5) is 80.6. The fourth-order valence-corrected chi connectivity index (χ4v) is 10.8. The third-order valence-electron chi connectivity index (χ3n) is 14.3. The van der Waals surface area contributed by atoms with Gasteiger partial charge in [-0.25, -0.2) is 4.85 Å². The number of ketones is 1. The van der Waals surface area contributed by atoms with Gasteiger partial charge in [0.1, 0.15) is 6.04 Å². The summed E-state index contributed by atoms with van der Waals surface area (Å²) in [5.41, 5.74) is 9.62. The first kappa shape index (κ1) is 40.6. The highest BCUT2D eigenvalue weighted by Crippen LogP contribution is 2.46. The Labute approximate surface area is 357 Å². The second-order valence-corrected chi connectivity index (χ2v) is 18.1. The van der Waals surface area contributed by atoms with Crippen LogP contribution in [0.2, 0.25) is 0 Å². The lowest BCUT2D eigenvalue weighted by molar-refractivity contribution is -0.137. The van der Waals surface area contributed by atoms with Gasteiger partial charge in [0.15, 0.2) is 11.5 Å². The number of rotatable bonds is 10. The number of piperidine rings is 2. The van der Waals surface area contributed by atoms with E-state index < -0.39 is 17.4 Å². The molecule has 316 valence electrons. The van der Waals surface area contributed by atoms with Crippen LogP contribution in [0.3, 0.4) is 0 Å². The average Bonchev–Trinajstić information content (AvgIpc) is 3.83. The van der Waals surface area contributed by atoms with Crippen LogP contribution >= 0.6 is 0 Å². The van der Waals surface area contributed by atoms with E-state index in [1.807, 2.05) is 29.2 Å². The summed E-state index contributed by atoms with van der Waals surface area (Å²) in [5.74, 6) is -0.545. The minimum atomic E-state index is -0.616. The third-order valence-corrected chi connectivity index (χ3v) is 14.3.